The number of benzene rings is 1. The summed E-state index contributed by atoms with van der Waals surface area (Å²) in [6, 6.07) is 13.5. The predicted octanol–water partition coefficient (Wildman–Crippen LogP) is 3.30. The molecular formula is C12H8IN3. The van der Waals surface area contributed by atoms with Gasteiger partial charge in [0.05, 0.1) is 5.56 Å². The van der Waals surface area contributed by atoms with Crippen LogP contribution in [0.2, 0.25) is 0 Å². The number of hydrogen-bond acceptors (Lipinski definition) is 3. The summed E-state index contributed by atoms with van der Waals surface area (Å²) >= 11 is 2.25. The summed E-state index contributed by atoms with van der Waals surface area (Å²) in [6.45, 7) is 0. The summed E-state index contributed by atoms with van der Waals surface area (Å²) in [5.41, 5.74) is 1.47. The molecule has 0 aliphatic carbocycles. The fourth-order valence-corrected chi connectivity index (χ4v) is 1.62. The van der Waals surface area contributed by atoms with Crippen LogP contribution in [-0.2, 0) is 0 Å². The molecule has 0 amide bonds. The summed E-state index contributed by atoms with van der Waals surface area (Å²) in [4.78, 5) is 4.13. The molecule has 4 heteroatoms. The van der Waals surface area contributed by atoms with Crippen LogP contribution >= 0.6 is 22.6 Å². The van der Waals surface area contributed by atoms with Gasteiger partial charge in [-0.1, -0.05) is 0 Å². The van der Waals surface area contributed by atoms with Crippen LogP contribution in [0.4, 0.5) is 11.5 Å². The third-order valence-electron chi connectivity index (χ3n) is 2.04. The molecule has 2 rings (SSSR count). The lowest BCUT2D eigenvalue weighted by Crippen LogP contribution is -1.96. The van der Waals surface area contributed by atoms with Gasteiger partial charge < -0.3 is 5.32 Å². The summed E-state index contributed by atoms with van der Waals surface area (Å²) < 4.78 is 1.17. The topological polar surface area (TPSA) is 48.7 Å². The first kappa shape index (κ1) is 10.9. The zero-order valence-corrected chi connectivity index (χ0v) is 10.5. The molecule has 3 nitrogen and oxygen atoms in total. The molecule has 0 radical (unpaired) electrons. The number of halogens is 1. The van der Waals surface area contributed by atoms with Crippen LogP contribution in [0.3, 0.4) is 0 Å². The van der Waals surface area contributed by atoms with Crippen molar-refractivity contribution in [1.82, 2.24) is 4.98 Å². The standard InChI is InChI=1S/C12H8IN3/c13-10-3-5-11(6-4-10)16-12-9(8-14)2-1-7-15-12/h1-7H,(H,15,16). The van der Waals surface area contributed by atoms with Gasteiger partial charge in [0, 0.05) is 15.5 Å². The van der Waals surface area contributed by atoms with Crippen LogP contribution in [-0.4, -0.2) is 4.98 Å². The van der Waals surface area contributed by atoms with E-state index in [9.17, 15) is 0 Å². The Hall–Kier alpha value is -1.61. The van der Waals surface area contributed by atoms with E-state index in [1.54, 1.807) is 18.3 Å². The first-order valence-corrected chi connectivity index (χ1v) is 5.75. The van der Waals surface area contributed by atoms with Crippen LogP contribution < -0.4 is 5.32 Å². The minimum Gasteiger partial charge on any atom is -0.339 e. The van der Waals surface area contributed by atoms with Crippen LogP contribution in [0.25, 0.3) is 0 Å². The Morgan fingerprint density at radius 2 is 1.94 bits per heavy atom. The maximum atomic E-state index is 8.91. The van der Waals surface area contributed by atoms with E-state index >= 15 is 0 Å². The molecular weight excluding hydrogens is 313 g/mol. The number of hydrogen-bond donors (Lipinski definition) is 1. The highest BCUT2D eigenvalue weighted by Crippen LogP contribution is 2.18. The Morgan fingerprint density at radius 1 is 1.19 bits per heavy atom. The molecule has 0 aliphatic rings. The molecule has 0 saturated carbocycles. The highest BCUT2D eigenvalue weighted by Gasteiger charge is 2.01. The van der Waals surface area contributed by atoms with Gasteiger partial charge in [-0.3, -0.25) is 0 Å². The smallest absolute Gasteiger partial charge is 0.148 e. The van der Waals surface area contributed by atoms with Crippen molar-refractivity contribution in [1.29, 1.82) is 5.26 Å². The van der Waals surface area contributed by atoms with Crippen molar-refractivity contribution in [3.63, 3.8) is 0 Å². The maximum Gasteiger partial charge on any atom is 0.148 e. The summed E-state index contributed by atoms with van der Waals surface area (Å²) in [5.74, 6) is 0.589. The molecule has 0 atom stereocenters. The number of nitriles is 1. The Balaban J connectivity index is 2.27. The number of pyridine rings is 1. The molecule has 0 fully saturated rings. The lowest BCUT2D eigenvalue weighted by Gasteiger charge is -2.06. The van der Waals surface area contributed by atoms with E-state index in [1.165, 1.54) is 3.57 Å². The normalized spacial score (nSPS) is 9.50. The van der Waals surface area contributed by atoms with E-state index in [0.29, 0.717) is 11.4 Å². The largest absolute Gasteiger partial charge is 0.339 e. The molecule has 16 heavy (non-hydrogen) atoms. The molecule has 1 heterocycles. The zero-order valence-electron chi connectivity index (χ0n) is 8.31. The highest BCUT2D eigenvalue weighted by atomic mass is 127. The third kappa shape index (κ3) is 2.49. The minimum atomic E-state index is 0.543. The summed E-state index contributed by atoms with van der Waals surface area (Å²) in [5, 5.41) is 12.0. The molecule has 0 spiro atoms. The van der Waals surface area contributed by atoms with Gasteiger partial charge in [0.15, 0.2) is 0 Å². The second-order valence-corrected chi connectivity index (χ2v) is 4.39. The number of nitrogens with zero attached hydrogens (tertiary/aromatic N) is 2. The van der Waals surface area contributed by atoms with Gasteiger partial charge in [-0.05, 0) is 59.0 Å². The molecule has 0 saturated heterocycles. The fourth-order valence-electron chi connectivity index (χ4n) is 1.27. The number of nitrogens with one attached hydrogen (secondary N) is 1. The molecule has 1 aromatic heterocycles. The van der Waals surface area contributed by atoms with Gasteiger partial charge >= 0.3 is 0 Å². The van der Waals surface area contributed by atoms with Crippen LogP contribution in [0.1, 0.15) is 5.56 Å². The van der Waals surface area contributed by atoms with E-state index in [-0.39, 0.29) is 0 Å². The van der Waals surface area contributed by atoms with E-state index < -0.39 is 0 Å². The average Bonchev–Trinajstić information content (AvgIpc) is 2.33. The minimum absolute atomic E-state index is 0.543. The van der Waals surface area contributed by atoms with Crippen molar-refractivity contribution in [2.24, 2.45) is 0 Å². The van der Waals surface area contributed by atoms with Crippen molar-refractivity contribution < 1.29 is 0 Å². The first-order chi connectivity index (χ1) is 7.79. The van der Waals surface area contributed by atoms with E-state index in [4.69, 9.17) is 5.26 Å². The van der Waals surface area contributed by atoms with Gasteiger partial charge in [-0.25, -0.2) is 4.98 Å². The SMILES string of the molecule is N#Cc1cccnc1Nc1ccc(I)cc1. The Labute approximate surface area is 107 Å². The number of aromatic nitrogens is 1. The third-order valence-corrected chi connectivity index (χ3v) is 2.75. The molecule has 2 aromatic rings. The average molecular weight is 321 g/mol. The van der Waals surface area contributed by atoms with E-state index in [1.807, 2.05) is 24.3 Å². The Kier molecular flexibility index (Phi) is 3.37. The molecule has 0 bridgehead atoms. The van der Waals surface area contributed by atoms with E-state index in [2.05, 4.69) is 39.0 Å². The van der Waals surface area contributed by atoms with Gasteiger partial charge in [-0.2, -0.15) is 5.26 Å². The van der Waals surface area contributed by atoms with Gasteiger partial charge in [-0.15, -0.1) is 0 Å². The van der Waals surface area contributed by atoms with E-state index in [0.717, 1.165) is 5.69 Å². The quantitative estimate of drug-likeness (QED) is 0.864. The van der Waals surface area contributed by atoms with Crippen LogP contribution in [0.5, 0.6) is 0 Å². The maximum absolute atomic E-state index is 8.91. The van der Waals surface area contributed by atoms with Gasteiger partial charge in [0.1, 0.15) is 11.9 Å². The first-order valence-electron chi connectivity index (χ1n) is 4.67. The van der Waals surface area contributed by atoms with Crippen molar-refractivity contribution in [2.45, 2.75) is 0 Å². The molecule has 78 valence electrons. The zero-order chi connectivity index (χ0) is 11.4. The number of anilines is 2. The highest BCUT2D eigenvalue weighted by molar-refractivity contribution is 14.1. The van der Waals surface area contributed by atoms with Crippen molar-refractivity contribution in [2.75, 3.05) is 5.32 Å². The lowest BCUT2D eigenvalue weighted by atomic mass is 10.2. The number of rotatable bonds is 2. The summed E-state index contributed by atoms with van der Waals surface area (Å²) in [7, 11) is 0. The molecule has 1 aromatic carbocycles. The lowest BCUT2D eigenvalue weighted by molar-refractivity contribution is 1.28. The Morgan fingerprint density at radius 3 is 2.62 bits per heavy atom. The monoisotopic (exact) mass is 321 g/mol. The van der Waals surface area contributed by atoms with Crippen molar-refractivity contribution >= 4 is 34.1 Å². The summed E-state index contributed by atoms with van der Waals surface area (Å²) in [6.07, 6.45) is 1.66. The second kappa shape index (κ2) is 4.94. The van der Waals surface area contributed by atoms with Crippen LogP contribution in [0, 0.1) is 14.9 Å². The predicted molar refractivity (Wildman–Crippen MR) is 71.4 cm³/mol. The Bertz CT molecular complexity index is 529. The fraction of sp³-hybridized carbons (Fsp3) is 0. The second-order valence-electron chi connectivity index (χ2n) is 3.14. The molecule has 1 N–H and O–H groups in total. The van der Waals surface area contributed by atoms with Crippen molar-refractivity contribution in [3.05, 3.63) is 51.7 Å². The van der Waals surface area contributed by atoms with Crippen molar-refractivity contribution in [3.8, 4) is 6.07 Å². The van der Waals surface area contributed by atoms with Gasteiger partial charge in [0.2, 0.25) is 0 Å². The molecule has 0 aliphatic heterocycles. The van der Waals surface area contributed by atoms with Crippen LogP contribution in [0.15, 0.2) is 42.6 Å². The molecule has 0 unspecified atom stereocenters. The van der Waals surface area contributed by atoms with Gasteiger partial charge in [0.25, 0.3) is 0 Å².